The van der Waals surface area contributed by atoms with Gasteiger partial charge in [0.1, 0.15) is 0 Å². The minimum absolute atomic E-state index is 0.105. The van der Waals surface area contributed by atoms with E-state index in [1.54, 1.807) is 27.7 Å². The third-order valence-electron chi connectivity index (χ3n) is 3.60. The van der Waals surface area contributed by atoms with Crippen LogP contribution in [0.5, 0.6) is 0 Å². The summed E-state index contributed by atoms with van der Waals surface area (Å²) in [6, 6.07) is 7.36. The van der Waals surface area contributed by atoms with Gasteiger partial charge in [-0.25, -0.2) is 4.68 Å². The van der Waals surface area contributed by atoms with Gasteiger partial charge in [-0.15, -0.1) is 0 Å². The molecule has 0 saturated carbocycles. The first-order valence-electron chi connectivity index (χ1n) is 8.48. The molecule has 0 aliphatic carbocycles. The average Bonchev–Trinajstić information content (AvgIpc) is 3.06. The molecule has 0 spiro atoms. The van der Waals surface area contributed by atoms with Crippen molar-refractivity contribution in [2.24, 2.45) is 0 Å². The largest absolute Gasteiger partial charge is 0.481 e. The first-order valence-corrected chi connectivity index (χ1v) is 11.3. The summed E-state index contributed by atoms with van der Waals surface area (Å²) >= 11 is 6.08. The van der Waals surface area contributed by atoms with Crippen LogP contribution in [0.4, 0.5) is 0 Å². The molecule has 2 rings (SSSR count). The number of nitrogens with zero attached hydrogens (tertiary/aromatic N) is 2. The highest BCUT2D eigenvalue weighted by Gasteiger charge is 2.20. The van der Waals surface area contributed by atoms with Crippen molar-refractivity contribution in [3.05, 3.63) is 46.7 Å². The molecule has 0 unspecified atom stereocenters. The van der Waals surface area contributed by atoms with Crippen LogP contribution in [-0.4, -0.2) is 44.8 Å². The fourth-order valence-electron chi connectivity index (χ4n) is 2.45. The lowest BCUT2D eigenvalue weighted by Gasteiger charge is -2.13. The SMILES string of the molecule is CC(C)c1c(C(=O)NCCSSCCC(=O)O)cnn1-c1cccc(Cl)c1. The first kappa shape index (κ1) is 21.7. The second-order valence-electron chi connectivity index (χ2n) is 6.03. The zero-order valence-corrected chi connectivity index (χ0v) is 17.5. The Balaban J connectivity index is 1.97. The third kappa shape index (κ3) is 6.48. The topological polar surface area (TPSA) is 84.2 Å². The lowest BCUT2D eigenvalue weighted by atomic mass is 10.1. The minimum Gasteiger partial charge on any atom is -0.481 e. The van der Waals surface area contributed by atoms with Crippen molar-refractivity contribution in [1.29, 1.82) is 0 Å². The van der Waals surface area contributed by atoms with Gasteiger partial charge in [-0.05, 0) is 24.1 Å². The van der Waals surface area contributed by atoms with Crippen LogP contribution in [-0.2, 0) is 4.79 Å². The number of aliphatic carboxylic acids is 1. The summed E-state index contributed by atoms with van der Waals surface area (Å²) in [6.07, 6.45) is 1.73. The van der Waals surface area contributed by atoms with Crippen LogP contribution in [0.1, 0.15) is 42.2 Å². The molecule has 0 atom stereocenters. The second-order valence-corrected chi connectivity index (χ2v) is 9.17. The number of carboxylic acid groups (broad SMARTS) is 1. The summed E-state index contributed by atoms with van der Waals surface area (Å²) in [7, 11) is 3.05. The van der Waals surface area contributed by atoms with E-state index in [1.807, 2.05) is 32.0 Å². The molecule has 1 aromatic carbocycles. The Morgan fingerprint density at radius 2 is 2.04 bits per heavy atom. The maximum atomic E-state index is 12.6. The molecule has 9 heteroatoms. The van der Waals surface area contributed by atoms with Crippen LogP contribution >= 0.6 is 33.2 Å². The Morgan fingerprint density at radius 1 is 1.30 bits per heavy atom. The Labute approximate surface area is 171 Å². The number of carbonyl (C=O) groups excluding carboxylic acids is 1. The maximum Gasteiger partial charge on any atom is 0.304 e. The van der Waals surface area contributed by atoms with E-state index >= 15 is 0 Å². The van der Waals surface area contributed by atoms with Crippen LogP contribution in [0.15, 0.2) is 30.5 Å². The predicted molar refractivity (Wildman–Crippen MR) is 112 cm³/mol. The number of benzene rings is 1. The number of amides is 1. The predicted octanol–water partition coefficient (Wildman–Crippen LogP) is 4.24. The molecular formula is C18H22ClN3O3S2. The van der Waals surface area contributed by atoms with Crippen molar-refractivity contribution in [2.75, 3.05) is 18.1 Å². The third-order valence-corrected chi connectivity index (χ3v) is 6.25. The Bertz CT molecular complexity index is 796. The quantitative estimate of drug-likeness (QED) is 0.436. The van der Waals surface area contributed by atoms with Crippen molar-refractivity contribution in [3.63, 3.8) is 0 Å². The lowest BCUT2D eigenvalue weighted by molar-refractivity contribution is -0.136. The van der Waals surface area contributed by atoms with Crippen LogP contribution in [0.3, 0.4) is 0 Å². The van der Waals surface area contributed by atoms with Gasteiger partial charge in [0.25, 0.3) is 5.91 Å². The van der Waals surface area contributed by atoms with Gasteiger partial charge >= 0.3 is 5.97 Å². The zero-order valence-electron chi connectivity index (χ0n) is 15.1. The van der Waals surface area contributed by atoms with Crippen molar-refractivity contribution >= 4 is 45.1 Å². The molecule has 0 aliphatic rings. The van der Waals surface area contributed by atoms with Crippen molar-refractivity contribution in [1.82, 2.24) is 15.1 Å². The lowest BCUT2D eigenvalue weighted by Crippen LogP contribution is -2.26. The molecule has 1 amide bonds. The molecular weight excluding hydrogens is 406 g/mol. The number of aromatic nitrogens is 2. The maximum absolute atomic E-state index is 12.6. The van der Waals surface area contributed by atoms with Crippen molar-refractivity contribution in [2.45, 2.75) is 26.2 Å². The van der Waals surface area contributed by atoms with Crippen LogP contribution in [0.2, 0.25) is 5.02 Å². The van der Waals surface area contributed by atoms with Gasteiger partial charge in [0, 0.05) is 23.1 Å². The summed E-state index contributed by atoms with van der Waals surface area (Å²) in [5, 5.41) is 16.5. The number of nitrogens with one attached hydrogen (secondary N) is 1. The van der Waals surface area contributed by atoms with Crippen LogP contribution in [0.25, 0.3) is 5.69 Å². The highest BCUT2D eigenvalue weighted by molar-refractivity contribution is 8.76. The molecule has 0 fully saturated rings. The van der Waals surface area contributed by atoms with E-state index in [-0.39, 0.29) is 18.2 Å². The summed E-state index contributed by atoms with van der Waals surface area (Å²) < 4.78 is 1.75. The van der Waals surface area contributed by atoms with Gasteiger partial charge in [-0.1, -0.05) is 53.1 Å². The van der Waals surface area contributed by atoms with Crippen LogP contribution < -0.4 is 5.32 Å². The molecule has 146 valence electrons. The fourth-order valence-corrected chi connectivity index (χ4v) is 4.52. The Kier molecular flexibility index (Phi) is 8.53. The number of halogens is 1. The Hall–Kier alpha value is -1.64. The molecule has 2 aromatic rings. The molecule has 0 radical (unpaired) electrons. The van der Waals surface area contributed by atoms with E-state index in [4.69, 9.17) is 16.7 Å². The van der Waals surface area contributed by atoms with E-state index in [1.165, 1.54) is 10.8 Å². The number of carbonyl (C=O) groups is 2. The summed E-state index contributed by atoms with van der Waals surface area (Å²) in [6.45, 7) is 4.54. The normalized spacial score (nSPS) is 11.0. The van der Waals surface area contributed by atoms with E-state index in [9.17, 15) is 9.59 Å². The summed E-state index contributed by atoms with van der Waals surface area (Å²) in [5.41, 5.74) is 2.20. The average molecular weight is 428 g/mol. The smallest absolute Gasteiger partial charge is 0.304 e. The molecule has 2 N–H and O–H groups in total. The summed E-state index contributed by atoms with van der Waals surface area (Å²) in [4.78, 5) is 23.0. The molecule has 0 saturated heterocycles. The molecule has 6 nitrogen and oxygen atoms in total. The van der Waals surface area contributed by atoms with E-state index in [0.29, 0.717) is 28.6 Å². The molecule has 0 aliphatic heterocycles. The standard InChI is InChI=1S/C18H22ClN3O3S2/c1-12(2)17-15(11-21-22(17)14-5-3-4-13(19)10-14)18(25)20-7-9-27-26-8-6-16(23)24/h3-5,10-12H,6-9H2,1-2H3,(H,20,25)(H,23,24). The molecule has 1 heterocycles. The van der Waals surface area contributed by atoms with Crippen molar-refractivity contribution in [3.8, 4) is 5.69 Å². The van der Waals surface area contributed by atoms with Gasteiger partial charge in [0.2, 0.25) is 0 Å². The van der Waals surface area contributed by atoms with Gasteiger partial charge in [-0.2, -0.15) is 5.10 Å². The number of hydrogen-bond acceptors (Lipinski definition) is 5. The van der Waals surface area contributed by atoms with E-state index in [2.05, 4.69) is 10.4 Å². The van der Waals surface area contributed by atoms with Crippen molar-refractivity contribution < 1.29 is 14.7 Å². The fraction of sp³-hybridized carbons (Fsp3) is 0.389. The van der Waals surface area contributed by atoms with E-state index < -0.39 is 5.97 Å². The molecule has 1 aromatic heterocycles. The highest BCUT2D eigenvalue weighted by atomic mass is 35.5. The Morgan fingerprint density at radius 3 is 2.70 bits per heavy atom. The number of rotatable bonds is 10. The minimum atomic E-state index is -0.797. The molecule has 27 heavy (non-hydrogen) atoms. The van der Waals surface area contributed by atoms with Gasteiger partial charge < -0.3 is 10.4 Å². The highest BCUT2D eigenvalue weighted by Crippen LogP contribution is 2.25. The van der Waals surface area contributed by atoms with Gasteiger partial charge in [0.05, 0.1) is 29.6 Å². The van der Waals surface area contributed by atoms with Gasteiger partial charge in [0.15, 0.2) is 0 Å². The molecule has 0 bridgehead atoms. The summed E-state index contributed by atoms with van der Waals surface area (Å²) in [5.74, 6) is 0.401. The van der Waals surface area contributed by atoms with Gasteiger partial charge in [-0.3, -0.25) is 9.59 Å². The van der Waals surface area contributed by atoms with Crippen LogP contribution in [0, 0.1) is 0 Å². The zero-order chi connectivity index (χ0) is 19.8. The second kappa shape index (κ2) is 10.6. The number of carboxylic acids is 1. The van der Waals surface area contributed by atoms with E-state index in [0.717, 1.165) is 11.4 Å². The number of hydrogen-bond donors (Lipinski definition) is 2. The monoisotopic (exact) mass is 427 g/mol. The first-order chi connectivity index (χ1) is 12.9.